The molecule has 114 valence electrons. The summed E-state index contributed by atoms with van der Waals surface area (Å²) in [6.07, 6.45) is 2.99. The number of nitrogens with zero attached hydrogens (tertiary/aromatic N) is 3. The van der Waals surface area contributed by atoms with Crippen LogP contribution in [0.3, 0.4) is 0 Å². The van der Waals surface area contributed by atoms with Crippen LogP contribution in [-0.4, -0.2) is 42.6 Å². The molecule has 5 heteroatoms. The smallest absolute Gasteiger partial charge is 0.133 e. The zero-order valence-electron chi connectivity index (χ0n) is 12.7. The Labute approximate surface area is 136 Å². The Balaban J connectivity index is 2.66. The van der Waals surface area contributed by atoms with Gasteiger partial charge in [0.25, 0.3) is 0 Å². The summed E-state index contributed by atoms with van der Waals surface area (Å²) in [4.78, 5) is 9.30. The molecule has 1 rings (SSSR count). The highest BCUT2D eigenvalue weighted by molar-refractivity contribution is 9.10. The molecule has 0 aliphatic heterocycles. The molecule has 1 aromatic rings. The third-order valence-corrected chi connectivity index (χ3v) is 4.25. The molecular formula is C15H25BrClN3. The van der Waals surface area contributed by atoms with Gasteiger partial charge in [0.1, 0.15) is 5.82 Å². The molecule has 1 heterocycles. The van der Waals surface area contributed by atoms with Crippen molar-refractivity contribution in [3.63, 3.8) is 0 Å². The lowest BCUT2D eigenvalue weighted by molar-refractivity contribution is 0.300. The number of anilines is 1. The average molecular weight is 363 g/mol. The van der Waals surface area contributed by atoms with Crippen LogP contribution in [0, 0.1) is 0 Å². The lowest BCUT2D eigenvalue weighted by atomic mass is 10.2. The van der Waals surface area contributed by atoms with E-state index in [2.05, 4.69) is 57.6 Å². The predicted molar refractivity (Wildman–Crippen MR) is 91.8 cm³/mol. The molecule has 0 unspecified atom stereocenters. The van der Waals surface area contributed by atoms with Gasteiger partial charge in [-0.25, -0.2) is 4.98 Å². The summed E-state index contributed by atoms with van der Waals surface area (Å²) in [7, 11) is 0. The maximum atomic E-state index is 6.04. The molecule has 3 nitrogen and oxygen atoms in total. The fraction of sp³-hybridized carbons (Fsp3) is 0.667. The number of rotatable bonds is 9. The van der Waals surface area contributed by atoms with Gasteiger partial charge in [-0.1, -0.05) is 13.8 Å². The summed E-state index contributed by atoms with van der Waals surface area (Å²) in [6.45, 7) is 11.9. The van der Waals surface area contributed by atoms with Crippen molar-refractivity contribution in [3.8, 4) is 0 Å². The van der Waals surface area contributed by atoms with E-state index in [0.717, 1.165) is 55.0 Å². The largest absolute Gasteiger partial charge is 0.357 e. The van der Waals surface area contributed by atoms with Crippen LogP contribution in [0.15, 0.2) is 16.7 Å². The Kier molecular flexibility index (Phi) is 8.50. The zero-order valence-corrected chi connectivity index (χ0v) is 15.0. The summed E-state index contributed by atoms with van der Waals surface area (Å²) in [5.74, 6) is 1.51. The number of halogens is 2. The van der Waals surface area contributed by atoms with Crippen LogP contribution >= 0.6 is 27.5 Å². The number of hydrogen-bond acceptors (Lipinski definition) is 3. The molecule has 0 N–H and O–H groups in total. The third kappa shape index (κ3) is 5.23. The normalized spacial score (nSPS) is 11.1. The van der Waals surface area contributed by atoms with Crippen LogP contribution < -0.4 is 4.90 Å². The van der Waals surface area contributed by atoms with Gasteiger partial charge in [-0.05, 0) is 55.0 Å². The molecule has 0 atom stereocenters. The second-order valence-corrected chi connectivity index (χ2v) is 5.91. The summed E-state index contributed by atoms with van der Waals surface area (Å²) in [6, 6.07) is 2.06. The highest BCUT2D eigenvalue weighted by Crippen LogP contribution is 2.23. The van der Waals surface area contributed by atoms with Gasteiger partial charge in [0.15, 0.2) is 0 Å². The molecular weight excluding hydrogens is 338 g/mol. The van der Waals surface area contributed by atoms with Crippen molar-refractivity contribution in [3.05, 3.63) is 22.3 Å². The molecule has 0 aliphatic rings. The van der Waals surface area contributed by atoms with Crippen LogP contribution in [0.5, 0.6) is 0 Å². The summed E-state index contributed by atoms with van der Waals surface area (Å²) in [5.41, 5.74) is 1.09. The van der Waals surface area contributed by atoms with E-state index in [0.29, 0.717) is 5.88 Å². The minimum Gasteiger partial charge on any atom is -0.357 e. The van der Waals surface area contributed by atoms with Crippen LogP contribution in [0.4, 0.5) is 5.82 Å². The van der Waals surface area contributed by atoms with E-state index in [1.165, 1.54) is 0 Å². The molecule has 0 spiro atoms. The highest BCUT2D eigenvalue weighted by atomic mass is 79.9. The zero-order chi connectivity index (χ0) is 15.0. The Morgan fingerprint density at radius 1 is 1.15 bits per heavy atom. The van der Waals surface area contributed by atoms with Crippen molar-refractivity contribution in [2.75, 3.05) is 37.6 Å². The van der Waals surface area contributed by atoms with Crippen molar-refractivity contribution in [2.24, 2.45) is 0 Å². The first-order valence-corrected chi connectivity index (χ1v) is 8.66. The van der Waals surface area contributed by atoms with Crippen molar-refractivity contribution in [2.45, 2.75) is 33.1 Å². The monoisotopic (exact) mass is 361 g/mol. The molecule has 1 aromatic heterocycles. The summed E-state index contributed by atoms with van der Waals surface area (Å²) < 4.78 is 0.982. The van der Waals surface area contributed by atoms with Gasteiger partial charge in [0.2, 0.25) is 0 Å². The molecule has 0 saturated heterocycles. The molecule has 0 aromatic carbocycles. The topological polar surface area (TPSA) is 19.4 Å². The van der Waals surface area contributed by atoms with E-state index >= 15 is 0 Å². The van der Waals surface area contributed by atoms with Gasteiger partial charge in [-0.2, -0.15) is 0 Å². The van der Waals surface area contributed by atoms with Crippen LogP contribution in [0.25, 0.3) is 0 Å². The van der Waals surface area contributed by atoms with Gasteiger partial charge >= 0.3 is 0 Å². The van der Waals surface area contributed by atoms with Crippen molar-refractivity contribution in [1.82, 2.24) is 9.88 Å². The first-order valence-electron chi connectivity index (χ1n) is 7.33. The van der Waals surface area contributed by atoms with E-state index in [9.17, 15) is 0 Å². The lowest BCUT2D eigenvalue weighted by Gasteiger charge is -2.26. The molecule has 0 bridgehead atoms. The minimum absolute atomic E-state index is 0.494. The Morgan fingerprint density at radius 2 is 1.85 bits per heavy atom. The maximum Gasteiger partial charge on any atom is 0.133 e. The van der Waals surface area contributed by atoms with Gasteiger partial charge in [0.05, 0.1) is 5.88 Å². The summed E-state index contributed by atoms with van der Waals surface area (Å²) in [5, 5.41) is 0. The number of aromatic nitrogens is 1. The molecule has 0 saturated carbocycles. The van der Waals surface area contributed by atoms with Crippen molar-refractivity contribution >= 4 is 33.3 Å². The van der Waals surface area contributed by atoms with E-state index in [1.54, 1.807) is 0 Å². The number of pyridine rings is 1. The van der Waals surface area contributed by atoms with Crippen LogP contribution in [0.2, 0.25) is 0 Å². The summed E-state index contributed by atoms with van der Waals surface area (Å²) >= 11 is 9.49. The third-order valence-electron chi connectivity index (χ3n) is 3.53. The van der Waals surface area contributed by atoms with E-state index in [-0.39, 0.29) is 0 Å². The highest BCUT2D eigenvalue weighted by Gasteiger charge is 2.11. The van der Waals surface area contributed by atoms with Crippen LogP contribution in [0.1, 0.15) is 32.8 Å². The Hall–Kier alpha value is -0.320. The van der Waals surface area contributed by atoms with Gasteiger partial charge in [-0.3, -0.25) is 0 Å². The second kappa shape index (κ2) is 9.59. The first kappa shape index (κ1) is 17.7. The van der Waals surface area contributed by atoms with Gasteiger partial charge in [-0.15, -0.1) is 11.6 Å². The Morgan fingerprint density at radius 3 is 2.40 bits per heavy atom. The number of alkyl halides is 1. The maximum absolute atomic E-state index is 6.04. The van der Waals surface area contributed by atoms with Crippen molar-refractivity contribution < 1.29 is 0 Å². The first-order chi connectivity index (χ1) is 9.65. The minimum atomic E-state index is 0.494. The van der Waals surface area contributed by atoms with Crippen LogP contribution in [-0.2, 0) is 5.88 Å². The Bertz CT molecular complexity index is 397. The van der Waals surface area contributed by atoms with E-state index in [4.69, 9.17) is 11.6 Å². The molecule has 20 heavy (non-hydrogen) atoms. The van der Waals surface area contributed by atoms with E-state index < -0.39 is 0 Å². The molecule has 0 amide bonds. The SMILES string of the molecule is CCN(CC)CCCN(CC)c1ncc(Br)cc1CCl. The van der Waals surface area contributed by atoms with Gasteiger partial charge in [0, 0.05) is 29.3 Å². The molecule has 0 fully saturated rings. The fourth-order valence-electron chi connectivity index (χ4n) is 2.30. The quantitative estimate of drug-likeness (QED) is 0.615. The fourth-order valence-corrected chi connectivity index (χ4v) is 2.87. The standard InChI is InChI=1S/C15H25BrClN3/c1-4-19(5-2)8-7-9-20(6-3)15-13(11-17)10-14(16)12-18-15/h10,12H,4-9,11H2,1-3H3. The number of hydrogen-bond donors (Lipinski definition) is 0. The van der Waals surface area contributed by atoms with E-state index in [1.807, 2.05) is 6.20 Å². The average Bonchev–Trinajstić information content (AvgIpc) is 2.48. The molecule has 0 aliphatic carbocycles. The second-order valence-electron chi connectivity index (χ2n) is 4.73. The molecule has 0 radical (unpaired) electrons. The van der Waals surface area contributed by atoms with Gasteiger partial charge < -0.3 is 9.80 Å². The lowest BCUT2D eigenvalue weighted by Crippen LogP contribution is -2.31. The predicted octanol–water partition coefficient (Wildman–Crippen LogP) is 4.14. The van der Waals surface area contributed by atoms with Crippen molar-refractivity contribution in [1.29, 1.82) is 0 Å².